The summed E-state index contributed by atoms with van der Waals surface area (Å²) in [6, 6.07) is 1.26. The number of hydrogen-bond acceptors (Lipinski definition) is 1. The Morgan fingerprint density at radius 1 is 1.16 bits per heavy atom. The third kappa shape index (κ3) is 2.55. The molecule has 1 rings (SSSR count). The molecule has 0 unspecified atom stereocenters. The number of halogens is 4. The van der Waals surface area contributed by atoms with Crippen LogP contribution in [0, 0.1) is 12.7 Å². The average molecular weight is 278 g/mol. The highest BCUT2D eigenvalue weighted by Crippen LogP contribution is 2.44. The molecule has 0 spiro atoms. The molecule has 1 aromatic rings. The van der Waals surface area contributed by atoms with Gasteiger partial charge in [-0.2, -0.15) is 13.2 Å². The summed E-state index contributed by atoms with van der Waals surface area (Å²) >= 11 is 0. The van der Waals surface area contributed by atoms with Crippen LogP contribution in [0.1, 0.15) is 50.3 Å². The Labute approximate surface area is 110 Å². The fourth-order valence-electron chi connectivity index (χ4n) is 2.00. The van der Waals surface area contributed by atoms with Crippen LogP contribution in [0.15, 0.2) is 6.07 Å². The fraction of sp³-hybridized carbons (Fsp3) is 0.571. The van der Waals surface area contributed by atoms with Gasteiger partial charge < -0.3 is 5.11 Å². The van der Waals surface area contributed by atoms with Gasteiger partial charge >= 0.3 is 6.18 Å². The Morgan fingerprint density at radius 2 is 1.63 bits per heavy atom. The summed E-state index contributed by atoms with van der Waals surface area (Å²) in [5, 5.41) is 9.69. The summed E-state index contributed by atoms with van der Waals surface area (Å²) in [5.74, 6) is -1.80. The lowest BCUT2D eigenvalue weighted by Gasteiger charge is -2.31. The fourth-order valence-corrected chi connectivity index (χ4v) is 2.00. The van der Waals surface area contributed by atoms with E-state index < -0.39 is 23.2 Å². The number of alkyl halides is 3. The number of phenols is 1. The van der Waals surface area contributed by atoms with Gasteiger partial charge in [-0.25, -0.2) is 4.39 Å². The minimum atomic E-state index is -4.49. The highest BCUT2D eigenvalue weighted by molar-refractivity contribution is 5.47. The largest absolute Gasteiger partial charge is 0.505 e. The van der Waals surface area contributed by atoms with E-state index in [-0.39, 0.29) is 22.6 Å². The maximum absolute atomic E-state index is 13.9. The van der Waals surface area contributed by atoms with Crippen LogP contribution < -0.4 is 0 Å². The normalized spacial score (nSPS) is 13.2. The van der Waals surface area contributed by atoms with Gasteiger partial charge in [-0.15, -0.1) is 0 Å². The number of benzene rings is 1. The molecule has 0 saturated carbocycles. The van der Waals surface area contributed by atoms with Crippen molar-refractivity contribution in [3.63, 3.8) is 0 Å². The van der Waals surface area contributed by atoms with E-state index in [1.807, 2.05) is 0 Å². The number of rotatable bonds is 2. The lowest BCUT2D eigenvalue weighted by molar-refractivity contribution is -0.180. The molecule has 0 atom stereocenters. The van der Waals surface area contributed by atoms with Crippen molar-refractivity contribution in [3.05, 3.63) is 28.6 Å². The second kappa shape index (κ2) is 4.69. The van der Waals surface area contributed by atoms with Crippen molar-refractivity contribution in [3.8, 4) is 5.75 Å². The van der Waals surface area contributed by atoms with Crippen LogP contribution in [-0.4, -0.2) is 11.3 Å². The van der Waals surface area contributed by atoms with E-state index >= 15 is 0 Å². The van der Waals surface area contributed by atoms with Crippen LogP contribution in [0.25, 0.3) is 0 Å². The molecule has 0 aromatic heterocycles. The molecule has 0 saturated heterocycles. The smallest absolute Gasteiger partial charge is 0.397 e. The molecule has 0 aliphatic carbocycles. The Morgan fingerprint density at radius 3 is 2.00 bits per heavy atom. The quantitative estimate of drug-likeness (QED) is 0.770. The van der Waals surface area contributed by atoms with E-state index in [2.05, 4.69) is 0 Å². The molecule has 1 aromatic carbocycles. The highest BCUT2D eigenvalue weighted by Gasteiger charge is 2.49. The molecule has 0 bridgehead atoms. The molecule has 0 aliphatic heterocycles. The molecule has 1 N–H and O–H groups in total. The molecule has 0 amide bonds. The molecule has 0 heterocycles. The van der Waals surface area contributed by atoms with E-state index in [0.717, 1.165) is 13.8 Å². The van der Waals surface area contributed by atoms with E-state index in [1.54, 1.807) is 13.8 Å². The van der Waals surface area contributed by atoms with Gasteiger partial charge in [0.25, 0.3) is 0 Å². The predicted molar refractivity (Wildman–Crippen MR) is 66.0 cm³/mol. The number of aromatic hydroxyl groups is 1. The molecule has 0 fully saturated rings. The van der Waals surface area contributed by atoms with E-state index in [0.29, 0.717) is 0 Å². The standard InChI is InChI=1S/C14H18F4O/c1-7(2)9-6-10(8(3)11(15)12(9)19)13(4,5)14(16,17)18/h6-7,19H,1-5H3. The Hall–Kier alpha value is -1.26. The van der Waals surface area contributed by atoms with Gasteiger partial charge in [-0.05, 0) is 43.4 Å². The highest BCUT2D eigenvalue weighted by atomic mass is 19.4. The first kappa shape index (κ1) is 15.8. The van der Waals surface area contributed by atoms with E-state index in [1.165, 1.54) is 13.0 Å². The van der Waals surface area contributed by atoms with E-state index in [4.69, 9.17) is 0 Å². The van der Waals surface area contributed by atoms with Gasteiger partial charge in [0, 0.05) is 0 Å². The van der Waals surface area contributed by atoms with Gasteiger partial charge in [0.2, 0.25) is 0 Å². The van der Waals surface area contributed by atoms with Crippen LogP contribution in [0.4, 0.5) is 17.6 Å². The summed E-state index contributed by atoms with van der Waals surface area (Å²) in [6.07, 6.45) is -4.49. The van der Waals surface area contributed by atoms with Gasteiger partial charge in [0.1, 0.15) is 0 Å². The predicted octanol–water partition coefficient (Wildman–Crippen LogP) is 4.80. The molecule has 1 nitrogen and oxygen atoms in total. The zero-order chi connectivity index (χ0) is 15.2. The molecule has 0 aliphatic rings. The molecule has 5 heteroatoms. The first-order valence-electron chi connectivity index (χ1n) is 6.00. The number of hydrogen-bond donors (Lipinski definition) is 1. The molecular formula is C14H18F4O. The second-order valence-electron chi connectivity index (χ2n) is 5.58. The van der Waals surface area contributed by atoms with Crippen LogP contribution in [0.5, 0.6) is 5.75 Å². The zero-order valence-electron chi connectivity index (χ0n) is 11.6. The van der Waals surface area contributed by atoms with Crippen LogP contribution in [0.2, 0.25) is 0 Å². The van der Waals surface area contributed by atoms with Gasteiger partial charge in [0.05, 0.1) is 5.41 Å². The van der Waals surface area contributed by atoms with Crippen molar-refractivity contribution in [2.24, 2.45) is 0 Å². The zero-order valence-corrected chi connectivity index (χ0v) is 11.6. The third-order valence-corrected chi connectivity index (χ3v) is 3.52. The average Bonchev–Trinajstić information content (AvgIpc) is 2.23. The van der Waals surface area contributed by atoms with Crippen molar-refractivity contribution in [1.29, 1.82) is 0 Å². The minimum absolute atomic E-state index is 0.140. The Kier molecular flexibility index (Phi) is 3.90. The lowest BCUT2D eigenvalue weighted by Crippen LogP contribution is -2.37. The maximum Gasteiger partial charge on any atom is 0.397 e. The lowest BCUT2D eigenvalue weighted by atomic mass is 9.79. The summed E-state index contributed by atoms with van der Waals surface area (Å²) in [5.41, 5.74) is -2.28. The molecule has 108 valence electrons. The van der Waals surface area contributed by atoms with Crippen molar-refractivity contribution < 1.29 is 22.7 Å². The third-order valence-electron chi connectivity index (χ3n) is 3.52. The SMILES string of the molecule is Cc1c(C(C)(C)C(F)(F)F)cc(C(C)C)c(O)c1F. The molecule has 19 heavy (non-hydrogen) atoms. The van der Waals surface area contributed by atoms with Gasteiger partial charge in [-0.1, -0.05) is 19.9 Å². The first-order valence-corrected chi connectivity index (χ1v) is 6.00. The summed E-state index contributed by atoms with van der Waals surface area (Å²) in [4.78, 5) is 0. The van der Waals surface area contributed by atoms with Crippen molar-refractivity contribution >= 4 is 0 Å². The maximum atomic E-state index is 13.9. The van der Waals surface area contributed by atoms with Crippen molar-refractivity contribution in [2.75, 3.05) is 0 Å². The first-order chi connectivity index (χ1) is 8.41. The van der Waals surface area contributed by atoms with Gasteiger partial charge in [-0.3, -0.25) is 0 Å². The Balaban J connectivity index is 3.62. The second-order valence-corrected chi connectivity index (χ2v) is 5.58. The van der Waals surface area contributed by atoms with Crippen molar-refractivity contribution in [1.82, 2.24) is 0 Å². The topological polar surface area (TPSA) is 20.2 Å². The van der Waals surface area contributed by atoms with Crippen molar-refractivity contribution in [2.45, 2.75) is 52.1 Å². The van der Waals surface area contributed by atoms with E-state index in [9.17, 15) is 22.7 Å². The van der Waals surface area contributed by atoms with Crippen LogP contribution in [-0.2, 0) is 5.41 Å². The summed E-state index contributed by atoms with van der Waals surface area (Å²) < 4.78 is 53.2. The van der Waals surface area contributed by atoms with Crippen LogP contribution >= 0.6 is 0 Å². The summed E-state index contributed by atoms with van der Waals surface area (Å²) in [6.45, 7) is 6.65. The summed E-state index contributed by atoms with van der Waals surface area (Å²) in [7, 11) is 0. The molecular weight excluding hydrogens is 260 g/mol. The minimum Gasteiger partial charge on any atom is -0.505 e. The van der Waals surface area contributed by atoms with Gasteiger partial charge in [0.15, 0.2) is 11.6 Å². The van der Waals surface area contributed by atoms with Crippen LogP contribution in [0.3, 0.4) is 0 Å². The number of phenolic OH excluding ortho intramolecular Hbond substituents is 1. The monoisotopic (exact) mass is 278 g/mol. The Bertz CT molecular complexity index is 487. The molecule has 0 radical (unpaired) electrons.